The molecule has 1 aromatic heterocycles. The number of piperazine rings is 1. The lowest BCUT2D eigenvalue weighted by Gasteiger charge is -2.34. The van der Waals surface area contributed by atoms with Gasteiger partial charge in [-0.05, 0) is 29.6 Å². The summed E-state index contributed by atoms with van der Waals surface area (Å²) in [5.41, 5.74) is 1.12. The smallest absolute Gasteiger partial charge is 0.234 e. The molecule has 6 nitrogen and oxygen atoms in total. The first-order chi connectivity index (χ1) is 13.2. The highest BCUT2D eigenvalue weighted by Crippen LogP contribution is 2.25. The van der Waals surface area contributed by atoms with E-state index in [4.69, 9.17) is 9.47 Å². The molecule has 1 amide bonds. The van der Waals surface area contributed by atoms with Crippen LogP contribution >= 0.6 is 11.3 Å². The van der Waals surface area contributed by atoms with Crippen molar-refractivity contribution in [3.05, 3.63) is 46.2 Å². The van der Waals surface area contributed by atoms with Gasteiger partial charge in [-0.3, -0.25) is 14.6 Å². The number of carbonyl (C=O) groups excluding carboxylic acids is 1. The van der Waals surface area contributed by atoms with Gasteiger partial charge in [-0.2, -0.15) is 0 Å². The fourth-order valence-electron chi connectivity index (χ4n) is 3.21. The minimum Gasteiger partial charge on any atom is -0.497 e. The number of rotatable bonds is 8. The van der Waals surface area contributed by atoms with Gasteiger partial charge in [-0.1, -0.05) is 6.07 Å². The maximum absolute atomic E-state index is 12.1. The average Bonchev–Trinajstić information content (AvgIpc) is 3.21. The molecule has 27 heavy (non-hydrogen) atoms. The summed E-state index contributed by atoms with van der Waals surface area (Å²) < 4.78 is 10.8. The van der Waals surface area contributed by atoms with E-state index in [9.17, 15) is 4.79 Å². The Balaban J connectivity index is 1.44. The molecule has 1 aliphatic heterocycles. The van der Waals surface area contributed by atoms with Crippen LogP contribution in [0.2, 0.25) is 0 Å². The Kier molecular flexibility index (Phi) is 7.09. The maximum Gasteiger partial charge on any atom is 0.234 e. The quantitative estimate of drug-likeness (QED) is 0.750. The van der Waals surface area contributed by atoms with Gasteiger partial charge in [0, 0.05) is 43.2 Å². The lowest BCUT2D eigenvalue weighted by atomic mass is 10.1. The average molecular weight is 390 g/mol. The zero-order chi connectivity index (χ0) is 19.1. The van der Waals surface area contributed by atoms with E-state index in [0.29, 0.717) is 13.1 Å². The zero-order valence-electron chi connectivity index (χ0n) is 15.9. The molecule has 3 rings (SSSR count). The first-order valence-corrected chi connectivity index (χ1v) is 10.0. The molecule has 0 spiro atoms. The van der Waals surface area contributed by atoms with Crippen molar-refractivity contribution in [2.24, 2.45) is 0 Å². The maximum atomic E-state index is 12.1. The molecule has 1 saturated heterocycles. The minimum atomic E-state index is 0.0892. The third-order valence-electron chi connectivity index (χ3n) is 4.75. The molecule has 1 fully saturated rings. The van der Waals surface area contributed by atoms with Crippen LogP contribution in [0.5, 0.6) is 11.5 Å². The number of hydrogen-bond acceptors (Lipinski definition) is 6. The predicted octanol–water partition coefficient (Wildman–Crippen LogP) is 2.20. The SMILES string of the molecule is COc1ccc(OC)c(CN2CCN(CC(=O)NCc3cccs3)CC2)c1. The number of benzene rings is 1. The summed E-state index contributed by atoms with van der Waals surface area (Å²) in [4.78, 5) is 17.9. The fraction of sp³-hybridized carbons (Fsp3) is 0.450. The van der Waals surface area contributed by atoms with Crippen molar-refractivity contribution in [2.45, 2.75) is 13.1 Å². The molecule has 0 bridgehead atoms. The van der Waals surface area contributed by atoms with Crippen molar-refractivity contribution in [1.82, 2.24) is 15.1 Å². The summed E-state index contributed by atoms with van der Waals surface area (Å²) in [6.07, 6.45) is 0. The molecule has 146 valence electrons. The van der Waals surface area contributed by atoms with E-state index in [2.05, 4.69) is 15.1 Å². The third kappa shape index (κ3) is 5.69. The molecule has 2 heterocycles. The molecular formula is C20H27N3O3S. The topological polar surface area (TPSA) is 54.0 Å². The van der Waals surface area contributed by atoms with Crippen LogP contribution in [-0.2, 0) is 17.9 Å². The van der Waals surface area contributed by atoms with Crippen molar-refractivity contribution in [1.29, 1.82) is 0 Å². The summed E-state index contributed by atoms with van der Waals surface area (Å²) in [5.74, 6) is 1.81. The molecule has 1 aromatic carbocycles. The molecule has 2 aromatic rings. The highest BCUT2D eigenvalue weighted by atomic mass is 32.1. The molecular weight excluding hydrogens is 362 g/mol. The van der Waals surface area contributed by atoms with E-state index >= 15 is 0 Å². The second-order valence-electron chi connectivity index (χ2n) is 6.59. The Morgan fingerprint density at radius 1 is 1.11 bits per heavy atom. The standard InChI is InChI=1S/C20H27N3O3S/c1-25-17-5-6-19(26-2)16(12-17)14-22-7-9-23(10-8-22)15-20(24)21-13-18-4-3-11-27-18/h3-6,11-12H,7-10,13-15H2,1-2H3,(H,21,24). The molecule has 0 aliphatic carbocycles. The van der Waals surface area contributed by atoms with E-state index in [1.54, 1.807) is 25.6 Å². The zero-order valence-corrected chi connectivity index (χ0v) is 16.8. The lowest BCUT2D eigenvalue weighted by molar-refractivity contribution is -0.122. The van der Waals surface area contributed by atoms with Gasteiger partial charge in [0.1, 0.15) is 11.5 Å². The van der Waals surface area contributed by atoms with Crippen molar-refractivity contribution in [2.75, 3.05) is 46.9 Å². The Bertz CT molecular complexity index is 728. The molecule has 1 N–H and O–H groups in total. The van der Waals surface area contributed by atoms with Gasteiger partial charge < -0.3 is 14.8 Å². The number of nitrogens with one attached hydrogen (secondary N) is 1. The van der Waals surface area contributed by atoms with Gasteiger partial charge in [0.05, 0.1) is 27.3 Å². The molecule has 1 aliphatic rings. The molecule has 7 heteroatoms. The number of thiophene rings is 1. The second-order valence-corrected chi connectivity index (χ2v) is 7.62. The van der Waals surface area contributed by atoms with Crippen LogP contribution in [0.15, 0.2) is 35.7 Å². The lowest BCUT2D eigenvalue weighted by Crippen LogP contribution is -2.49. The Morgan fingerprint density at radius 2 is 1.89 bits per heavy atom. The summed E-state index contributed by atoms with van der Waals surface area (Å²) in [7, 11) is 3.37. The van der Waals surface area contributed by atoms with E-state index in [1.165, 1.54) is 4.88 Å². The van der Waals surface area contributed by atoms with E-state index in [-0.39, 0.29) is 5.91 Å². The van der Waals surface area contributed by atoms with Crippen LogP contribution in [-0.4, -0.2) is 62.7 Å². The summed E-state index contributed by atoms with van der Waals surface area (Å²) in [6.45, 7) is 5.53. The highest BCUT2D eigenvalue weighted by molar-refractivity contribution is 7.09. The van der Waals surface area contributed by atoms with Crippen LogP contribution in [0.4, 0.5) is 0 Å². The summed E-state index contributed by atoms with van der Waals surface area (Å²) >= 11 is 1.66. The van der Waals surface area contributed by atoms with Gasteiger partial charge >= 0.3 is 0 Å². The molecule has 0 saturated carbocycles. The third-order valence-corrected chi connectivity index (χ3v) is 5.63. The molecule has 0 atom stereocenters. The fourth-order valence-corrected chi connectivity index (χ4v) is 3.85. The van der Waals surface area contributed by atoms with E-state index in [0.717, 1.165) is 49.8 Å². The normalized spacial score (nSPS) is 15.5. The Hall–Kier alpha value is -2.09. The molecule has 0 radical (unpaired) electrons. The van der Waals surface area contributed by atoms with Crippen LogP contribution < -0.4 is 14.8 Å². The largest absolute Gasteiger partial charge is 0.497 e. The van der Waals surface area contributed by atoms with Crippen LogP contribution in [0.25, 0.3) is 0 Å². The van der Waals surface area contributed by atoms with Gasteiger partial charge in [-0.15, -0.1) is 11.3 Å². The number of hydrogen-bond donors (Lipinski definition) is 1. The Morgan fingerprint density at radius 3 is 2.56 bits per heavy atom. The van der Waals surface area contributed by atoms with Crippen molar-refractivity contribution >= 4 is 17.2 Å². The molecule has 0 unspecified atom stereocenters. The van der Waals surface area contributed by atoms with E-state index in [1.807, 2.05) is 35.7 Å². The van der Waals surface area contributed by atoms with Crippen LogP contribution in [0.1, 0.15) is 10.4 Å². The first-order valence-electron chi connectivity index (χ1n) is 9.12. The van der Waals surface area contributed by atoms with Gasteiger partial charge in [0.2, 0.25) is 5.91 Å². The number of amides is 1. The van der Waals surface area contributed by atoms with Gasteiger partial charge in [0.15, 0.2) is 0 Å². The van der Waals surface area contributed by atoms with Gasteiger partial charge in [-0.25, -0.2) is 0 Å². The first kappa shape index (κ1) is 19.7. The van der Waals surface area contributed by atoms with Crippen LogP contribution in [0, 0.1) is 0 Å². The summed E-state index contributed by atoms with van der Waals surface area (Å²) in [6, 6.07) is 9.93. The van der Waals surface area contributed by atoms with Crippen molar-refractivity contribution < 1.29 is 14.3 Å². The number of ether oxygens (including phenoxy) is 2. The van der Waals surface area contributed by atoms with Crippen LogP contribution in [0.3, 0.4) is 0 Å². The van der Waals surface area contributed by atoms with Crippen molar-refractivity contribution in [3.8, 4) is 11.5 Å². The minimum absolute atomic E-state index is 0.0892. The summed E-state index contributed by atoms with van der Waals surface area (Å²) in [5, 5.41) is 5.02. The Labute approximate surface area is 164 Å². The monoisotopic (exact) mass is 389 g/mol. The predicted molar refractivity (Wildman–Crippen MR) is 107 cm³/mol. The highest BCUT2D eigenvalue weighted by Gasteiger charge is 2.20. The van der Waals surface area contributed by atoms with Crippen molar-refractivity contribution in [3.63, 3.8) is 0 Å². The second kappa shape index (κ2) is 9.73. The van der Waals surface area contributed by atoms with E-state index < -0.39 is 0 Å². The van der Waals surface area contributed by atoms with Gasteiger partial charge in [0.25, 0.3) is 0 Å². The number of nitrogens with zero attached hydrogens (tertiary/aromatic N) is 2. The number of methoxy groups -OCH3 is 2. The number of carbonyl (C=O) groups is 1.